The molecule has 1 heterocycles. The van der Waals surface area contributed by atoms with Gasteiger partial charge in [-0.3, -0.25) is 9.59 Å². The van der Waals surface area contributed by atoms with Crippen molar-refractivity contribution in [3.63, 3.8) is 0 Å². The predicted octanol–water partition coefficient (Wildman–Crippen LogP) is 3.14. The second kappa shape index (κ2) is 9.96. The lowest BCUT2D eigenvalue weighted by Crippen LogP contribution is -2.62. The van der Waals surface area contributed by atoms with Gasteiger partial charge in [-0.1, -0.05) is 30.3 Å². The molecule has 0 aromatic heterocycles. The quantitative estimate of drug-likeness (QED) is 0.369. The van der Waals surface area contributed by atoms with Crippen LogP contribution < -0.4 is 20.8 Å². The molecule has 3 N–H and O–H groups in total. The van der Waals surface area contributed by atoms with E-state index in [2.05, 4.69) is 48.9 Å². The molecule has 2 aromatic carbocycles. The summed E-state index contributed by atoms with van der Waals surface area (Å²) in [5.74, 6) is -0.717. The van der Waals surface area contributed by atoms with Crippen molar-refractivity contribution in [3.8, 4) is 5.75 Å². The Morgan fingerprint density at radius 2 is 1.62 bits per heavy atom. The second-order valence-electron chi connectivity index (χ2n) is 9.51. The summed E-state index contributed by atoms with van der Waals surface area (Å²) < 4.78 is 5.75. The largest absolute Gasteiger partial charge is 0.489 e. The molecular formula is C25H32N4O3. The van der Waals surface area contributed by atoms with Gasteiger partial charge in [-0.25, -0.2) is 5.43 Å². The van der Waals surface area contributed by atoms with Crippen LogP contribution in [-0.2, 0) is 16.2 Å². The molecule has 3 rings (SSSR count). The number of carbonyl (C=O) groups is 2. The molecule has 32 heavy (non-hydrogen) atoms. The van der Waals surface area contributed by atoms with Crippen molar-refractivity contribution in [3.05, 3.63) is 65.7 Å². The van der Waals surface area contributed by atoms with E-state index in [-0.39, 0.29) is 17.1 Å². The maximum atomic E-state index is 12.3. The number of hydrogen-bond acceptors (Lipinski definition) is 5. The fourth-order valence-corrected chi connectivity index (χ4v) is 4.28. The van der Waals surface area contributed by atoms with Crippen LogP contribution in [0.15, 0.2) is 59.7 Å². The highest BCUT2D eigenvalue weighted by Gasteiger charge is 2.38. The fourth-order valence-electron chi connectivity index (χ4n) is 4.28. The third kappa shape index (κ3) is 7.20. The van der Waals surface area contributed by atoms with Crippen molar-refractivity contribution < 1.29 is 14.3 Å². The topological polar surface area (TPSA) is 91.8 Å². The van der Waals surface area contributed by atoms with E-state index < -0.39 is 11.8 Å². The zero-order valence-electron chi connectivity index (χ0n) is 19.1. The minimum absolute atomic E-state index is 0.0769. The van der Waals surface area contributed by atoms with Crippen molar-refractivity contribution >= 4 is 18.0 Å². The van der Waals surface area contributed by atoms with Gasteiger partial charge in [0.15, 0.2) is 0 Å². The molecule has 1 aliphatic rings. The molecular weight excluding hydrogens is 404 g/mol. The number of nitrogens with one attached hydrogen (secondary N) is 3. The summed E-state index contributed by atoms with van der Waals surface area (Å²) in [6.45, 7) is 8.86. The van der Waals surface area contributed by atoms with E-state index >= 15 is 0 Å². The third-order valence-corrected chi connectivity index (χ3v) is 5.24. The van der Waals surface area contributed by atoms with Crippen molar-refractivity contribution in [1.82, 2.24) is 16.1 Å². The summed E-state index contributed by atoms with van der Waals surface area (Å²) in [6.07, 6.45) is 2.98. The van der Waals surface area contributed by atoms with Gasteiger partial charge in [0.1, 0.15) is 12.4 Å². The molecule has 7 heteroatoms. The summed E-state index contributed by atoms with van der Waals surface area (Å²) in [6, 6.07) is 17.2. The molecule has 0 radical (unpaired) electrons. The number of hydrogen-bond donors (Lipinski definition) is 3. The molecule has 7 nitrogen and oxygen atoms in total. The second-order valence-corrected chi connectivity index (χ2v) is 9.51. The van der Waals surface area contributed by atoms with E-state index in [1.54, 1.807) is 0 Å². The Hall–Kier alpha value is -3.19. The lowest BCUT2D eigenvalue weighted by molar-refractivity contribution is -0.140. The Balaban J connectivity index is 1.45. The van der Waals surface area contributed by atoms with Crippen LogP contribution in [0.5, 0.6) is 5.75 Å². The molecule has 0 saturated carbocycles. The number of benzene rings is 2. The van der Waals surface area contributed by atoms with Crippen LogP contribution in [0.2, 0.25) is 0 Å². The van der Waals surface area contributed by atoms with Gasteiger partial charge < -0.3 is 15.4 Å². The minimum Gasteiger partial charge on any atom is -0.489 e. The number of amides is 2. The van der Waals surface area contributed by atoms with E-state index in [0.29, 0.717) is 6.61 Å². The zero-order chi connectivity index (χ0) is 23.2. The average Bonchev–Trinajstić information content (AvgIpc) is 2.71. The van der Waals surface area contributed by atoms with Gasteiger partial charge in [0, 0.05) is 17.1 Å². The summed E-state index contributed by atoms with van der Waals surface area (Å²) in [5, 5.41) is 10.3. The van der Waals surface area contributed by atoms with Crippen LogP contribution in [0.25, 0.3) is 0 Å². The van der Waals surface area contributed by atoms with Gasteiger partial charge in [-0.2, -0.15) is 5.10 Å². The molecule has 0 unspecified atom stereocenters. The van der Waals surface area contributed by atoms with Crippen LogP contribution >= 0.6 is 0 Å². The molecule has 0 bridgehead atoms. The van der Waals surface area contributed by atoms with Crippen molar-refractivity contribution in [2.45, 2.75) is 64.3 Å². The number of nitrogens with zero attached hydrogens (tertiary/aromatic N) is 1. The summed E-state index contributed by atoms with van der Waals surface area (Å²) >= 11 is 0. The number of carbonyl (C=O) groups excluding carboxylic acids is 2. The van der Waals surface area contributed by atoms with Gasteiger partial charge in [0.2, 0.25) is 0 Å². The lowest BCUT2D eigenvalue weighted by Gasteiger charge is -2.46. The Labute approximate surface area is 189 Å². The summed E-state index contributed by atoms with van der Waals surface area (Å²) in [7, 11) is 0. The average molecular weight is 437 g/mol. The smallest absolute Gasteiger partial charge is 0.329 e. The first-order valence-corrected chi connectivity index (χ1v) is 10.8. The molecule has 0 aliphatic carbocycles. The molecule has 2 aromatic rings. The summed E-state index contributed by atoms with van der Waals surface area (Å²) in [5.41, 5.74) is 3.93. The van der Waals surface area contributed by atoms with E-state index in [0.717, 1.165) is 29.7 Å². The highest BCUT2D eigenvalue weighted by molar-refractivity contribution is 6.35. The van der Waals surface area contributed by atoms with Gasteiger partial charge in [0.25, 0.3) is 0 Å². The normalized spacial score (nSPS) is 17.6. The Morgan fingerprint density at radius 3 is 2.25 bits per heavy atom. The van der Waals surface area contributed by atoms with Gasteiger partial charge in [-0.05, 0) is 75.9 Å². The van der Waals surface area contributed by atoms with E-state index in [4.69, 9.17) is 4.74 Å². The Kier molecular flexibility index (Phi) is 7.30. The monoisotopic (exact) mass is 436 g/mol. The zero-order valence-corrected chi connectivity index (χ0v) is 19.1. The van der Waals surface area contributed by atoms with Crippen LogP contribution in [0.1, 0.15) is 51.7 Å². The predicted molar refractivity (Wildman–Crippen MR) is 125 cm³/mol. The number of ether oxygens (including phenoxy) is 1. The first-order valence-electron chi connectivity index (χ1n) is 10.8. The maximum Gasteiger partial charge on any atom is 0.329 e. The van der Waals surface area contributed by atoms with Crippen molar-refractivity contribution in [2.24, 2.45) is 5.10 Å². The van der Waals surface area contributed by atoms with E-state index in [1.807, 2.05) is 54.6 Å². The minimum atomic E-state index is -0.779. The third-order valence-electron chi connectivity index (χ3n) is 5.24. The number of piperidine rings is 1. The van der Waals surface area contributed by atoms with Crippen molar-refractivity contribution in [2.75, 3.05) is 0 Å². The van der Waals surface area contributed by atoms with Crippen LogP contribution in [-0.4, -0.2) is 35.1 Å². The highest BCUT2D eigenvalue weighted by Crippen LogP contribution is 2.28. The Bertz CT molecular complexity index is 937. The number of rotatable bonds is 6. The molecule has 0 atom stereocenters. The van der Waals surface area contributed by atoms with Crippen LogP contribution in [0.3, 0.4) is 0 Å². The molecule has 2 amide bonds. The maximum absolute atomic E-state index is 12.3. The standard InChI is InChI=1S/C25H32N4O3/c1-24(2)14-20(15-25(3,4)29-24)27-22(30)23(31)28-26-16-18-10-12-21(13-11-18)32-17-19-8-6-5-7-9-19/h5-13,16,20,29H,14-15,17H2,1-4H3,(H,27,30)(H,28,31)/b26-16+. The van der Waals surface area contributed by atoms with Crippen LogP contribution in [0.4, 0.5) is 0 Å². The summed E-state index contributed by atoms with van der Waals surface area (Å²) in [4.78, 5) is 24.4. The molecule has 0 spiro atoms. The molecule has 1 saturated heterocycles. The lowest BCUT2D eigenvalue weighted by atomic mass is 9.79. The SMILES string of the molecule is CC1(C)CC(NC(=O)C(=O)N/N=C/c2ccc(OCc3ccccc3)cc2)CC(C)(C)N1. The first kappa shape index (κ1) is 23.5. The first-order chi connectivity index (χ1) is 15.1. The highest BCUT2D eigenvalue weighted by atomic mass is 16.5. The fraction of sp³-hybridized carbons (Fsp3) is 0.400. The van der Waals surface area contributed by atoms with Crippen LogP contribution in [0, 0.1) is 0 Å². The molecule has 170 valence electrons. The Morgan fingerprint density at radius 1 is 1.00 bits per heavy atom. The van der Waals surface area contributed by atoms with E-state index in [1.165, 1.54) is 6.21 Å². The number of hydrazone groups is 1. The molecule has 1 fully saturated rings. The van der Waals surface area contributed by atoms with E-state index in [9.17, 15) is 9.59 Å². The van der Waals surface area contributed by atoms with Crippen molar-refractivity contribution in [1.29, 1.82) is 0 Å². The van der Waals surface area contributed by atoms with Gasteiger partial charge in [0.05, 0.1) is 6.21 Å². The molecule has 1 aliphatic heterocycles. The van der Waals surface area contributed by atoms with Gasteiger partial charge >= 0.3 is 11.8 Å². The van der Waals surface area contributed by atoms with Gasteiger partial charge in [-0.15, -0.1) is 0 Å².